The molecule has 0 aliphatic rings. The Balaban J connectivity index is 2.22. The number of nitro groups is 1. The van der Waals surface area contributed by atoms with Crippen LogP contribution >= 0.6 is 11.6 Å². The van der Waals surface area contributed by atoms with E-state index in [0.717, 1.165) is 11.3 Å². The first kappa shape index (κ1) is 16.0. The normalized spacial score (nSPS) is 10.3. The van der Waals surface area contributed by atoms with E-state index >= 15 is 0 Å². The standard InChI is InChI=1S/C15H16ClN3O3/c1-3-18(10-11-4-6-13(22-2)7-5-11)15-14(16)8-12(9-17-15)19(20)21/h4-9H,3,10H2,1-2H3. The Morgan fingerprint density at radius 2 is 2.05 bits per heavy atom. The van der Waals surface area contributed by atoms with Crippen molar-refractivity contribution in [2.45, 2.75) is 13.5 Å². The number of pyridine rings is 1. The summed E-state index contributed by atoms with van der Waals surface area (Å²) in [5.74, 6) is 1.32. The zero-order valence-electron chi connectivity index (χ0n) is 12.3. The van der Waals surface area contributed by atoms with Crippen molar-refractivity contribution in [2.75, 3.05) is 18.6 Å². The Kier molecular flexibility index (Phi) is 5.16. The Morgan fingerprint density at radius 1 is 1.36 bits per heavy atom. The molecule has 0 spiro atoms. The molecular formula is C15H16ClN3O3. The molecule has 116 valence electrons. The fourth-order valence-corrected chi connectivity index (χ4v) is 2.32. The van der Waals surface area contributed by atoms with Gasteiger partial charge < -0.3 is 9.64 Å². The molecule has 6 nitrogen and oxygen atoms in total. The maximum Gasteiger partial charge on any atom is 0.289 e. The maximum absolute atomic E-state index is 10.7. The average Bonchev–Trinajstić information content (AvgIpc) is 2.53. The molecule has 0 radical (unpaired) electrons. The molecular weight excluding hydrogens is 306 g/mol. The quantitative estimate of drug-likeness (QED) is 0.599. The highest BCUT2D eigenvalue weighted by Gasteiger charge is 2.15. The number of hydrogen-bond acceptors (Lipinski definition) is 5. The predicted octanol–water partition coefficient (Wildman–Crippen LogP) is 3.68. The molecule has 2 aromatic rings. The van der Waals surface area contributed by atoms with Crippen molar-refractivity contribution in [3.63, 3.8) is 0 Å². The number of halogens is 1. The van der Waals surface area contributed by atoms with Crippen LogP contribution in [0.15, 0.2) is 36.5 Å². The number of ether oxygens (including phenoxy) is 1. The lowest BCUT2D eigenvalue weighted by Gasteiger charge is -2.23. The Bertz CT molecular complexity index is 662. The van der Waals surface area contributed by atoms with Crippen LogP contribution in [0.25, 0.3) is 0 Å². The van der Waals surface area contributed by atoms with Crippen molar-refractivity contribution in [3.8, 4) is 5.75 Å². The summed E-state index contributed by atoms with van der Waals surface area (Å²) in [4.78, 5) is 16.3. The summed E-state index contributed by atoms with van der Waals surface area (Å²) in [7, 11) is 1.62. The van der Waals surface area contributed by atoms with Crippen molar-refractivity contribution < 1.29 is 9.66 Å². The first-order valence-electron chi connectivity index (χ1n) is 6.73. The van der Waals surface area contributed by atoms with Gasteiger partial charge in [-0.05, 0) is 24.6 Å². The van der Waals surface area contributed by atoms with Crippen molar-refractivity contribution in [2.24, 2.45) is 0 Å². The molecule has 0 saturated heterocycles. The van der Waals surface area contributed by atoms with Gasteiger partial charge in [-0.25, -0.2) is 4.98 Å². The highest BCUT2D eigenvalue weighted by atomic mass is 35.5. The minimum Gasteiger partial charge on any atom is -0.497 e. The molecule has 0 aliphatic heterocycles. The van der Waals surface area contributed by atoms with Crippen molar-refractivity contribution in [3.05, 3.63) is 57.2 Å². The van der Waals surface area contributed by atoms with Gasteiger partial charge in [0.25, 0.3) is 5.69 Å². The lowest BCUT2D eigenvalue weighted by molar-refractivity contribution is -0.385. The maximum atomic E-state index is 10.7. The molecule has 22 heavy (non-hydrogen) atoms. The van der Waals surface area contributed by atoms with Crippen LogP contribution in [0.1, 0.15) is 12.5 Å². The monoisotopic (exact) mass is 321 g/mol. The van der Waals surface area contributed by atoms with Crippen LogP contribution in [-0.4, -0.2) is 23.6 Å². The predicted molar refractivity (Wildman–Crippen MR) is 85.6 cm³/mol. The van der Waals surface area contributed by atoms with Gasteiger partial charge in [-0.3, -0.25) is 10.1 Å². The molecule has 0 bridgehead atoms. The van der Waals surface area contributed by atoms with Crippen LogP contribution in [0, 0.1) is 10.1 Å². The molecule has 0 amide bonds. The van der Waals surface area contributed by atoms with Crippen molar-refractivity contribution in [1.29, 1.82) is 0 Å². The largest absolute Gasteiger partial charge is 0.497 e. The Labute approximate surface area is 133 Å². The van der Waals surface area contributed by atoms with Gasteiger partial charge >= 0.3 is 0 Å². The molecule has 2 rings (SSSR count). The Hall–Kier alpha value is -2.34. The third kappa shape index (κ3) is 3.65. The smallest absolute Gasteiger partial charge is 0.289 e. The van der Waals surface area contributed by atoms with E-state index in [9.17, 15) is 10.1 Å². The summed E-state index contributed by atoms with van der Waals surface area (Å²) in [6, 6.07) is 9.00. The van der Waals surface area contributed by atoms with E-state index in [0.29, 0.717) is 18.9 Å². The highest BCUT2D eigenvalue weighted by Crippen LogP contribution is 2.28. The molecule has 1 aromatic carbocycles. The van der Waals surface area contributed by atoms with Crippen LogP contribution in [0.4, 0.5) is 11.5 Å². The van der Waals surface area contributed by atoms with E-state index in [1.807, 2.05) is 36.1 Å². The fourth-order valence-electron chi connectivity index (χ4n) is 2.04. The molecule has 0 N–H and O–H groups in total. The second kappa shape index (κ2) is 7.09. The first-order chi connectivity index (χ1) is 10.5. The summed E-state index contributed by atoms with van der Waals surface area (Å²) in [6.07, 6.45) is 1.22. The van der Waals surface area contributed by atoms with Gasteiger partial charge in [0, 0.05) is 19.2 Å². The summed E-state index contributed by atoms with van der Waals surface area (Å²) in [5, 5.41) is 11.0. The average molecular weight is 322 g/mol. The van der Waals surface area contributed by atoms with Crippen LogP contribution in [0.5, 0.6) is 5.75 Å². The first-order valence-corrected chi connectivity index (χ1v) is 7.10. The second-order valence-electron chi connectivity index (χ2n) is 4.62. The van der Waals surface area contributed by atoms with E-state index < -0.39 is 4.92 Å². The highest BCUT2D eigenvalue weighted by molar-refractivity contribution is 6.33. The SMILES string of the molecule is CCN(Cc1ccc(OC)cc1)c1ncc([N+](=O)[O-])cc1Cl. The van der Waals surface area contributed by atoms with Gasteiger partial charge in [0.1, 0.15) is 17.8 Å². The fraction of sp³-hybridized carbons (Fsp3) is 0.267. The molecule has 0 aliphatic carbocycles. The summed E-state index contributed by atoms with van der Waals surface area (Å²) < 4.78 is 5.13. The number of aromatic nitrogens is 1. The van der Waals surface area contributed by atoms with E-state index in [-0.39, 0.29) is 10.7 Å². The van der Waals surface area contributed by atoms with Crippen LogP contribution < -0.4 is 9.64 Å². The van der Waals surface area contributed by atoms with Gasteiger partial charge in [-0.15, -0.1) is 0 Å². The molecule has 0 saturated carbocycles. The third-order valence-electron chi connectivity index (χ3n) is 3.23. The van der Waals surface area contributed by atoms with Gasteiger partial charge in [0.15, 0.2) is 0 Å². The summed E-state index contributed by atoms with van der Waals surface area (Å²) in [6.45, 7) is 3.25. The Morgan fingerprint density at radius 3 is 2.55 bits per heavy atom. The second-order valence-corrected chi connectivity index (χ2v) is 5.03. The molecule has 1 heterocycles. The topological polar surface area (TPSA) is 68.5 Å². The summed E-state index contributed by atoms with van der Waals surface area (Å²) >= 11 is 6.13. The number of rotatable bonds is 6. The molecule has 1 aromatic heterocycles. The van der Waals surface area contributed by atoms with Crippen LogP contribution in [0.2, 0.25) is 5.02 Å². The third-order valence-corrected chi connectivity index (χ3v) is 3.51. The number of methoxy groups -OCH3 is 1. The summed E-state index contributed by atoms with van der Waals surface area (Å²) in [5.41, 5.74) is 0.952. The molecule has 0 fully saturated rings. The van der Waals surface area contributed by atoms with E-state index in [1.165, 1.54) is 12.3 Å². The minimum absolute atomic E-state index is 0.116. The van der Waals surface area contributed by atoms with Crippen LogP contribution in [-0.2, 0) is 6.54 Å². The minimum atomic E-state index is -0.511. The lowest BCUT2D eigenvalue weighted by Crippen LogP contribution is -2.23. The van der Waals surface area contributed by atoms with E-state index in [1.54, 1.807) is 7.11 Å². The molecule has 7 heteroatoms. The number of nitrogens with zero attached hydrogens (tertiary/aromatic N) is 3. The van der Waals surface area contributed by atoms with Gasteiger partial charge in [-0.2, -0.15) is 0 Å². The number of anilines is 1. The lowest BCUT2D eigenvalue weighted by atomic mass is 10.2. The van der Waals surface area contributed by atoms with Crippen molar-refractivity contribution in [1.82, 2.24) is 4.98 Å². The van der Waals surface area contributed by atoms with Gasteiger partial charge in [-0.1, -0.05) is 23.7 Å². The van der Waals surface area contributed by atoms with Crippen molar-refractivity contribution >= 4 is 23.1 Å². The zero-order chi connectivity index (χ0) is 16.1. The molecule has 0 atom stereocenters. The van der Waals surface area contributed by atoms with Crippen LogP contribution in [0.3, 0.4) is 0 Å². The zero-order valence-corrected chi connectivity index (χ0v) is 13.1. The van der Waals surface area contributed by atoms with Gasteiger partial charge in [0.05, 0.1) is 17.1 Å². The number of benzene rings is 1. The van der Waals surface area contributed by atoms with Gasteiger partial charge in [0.2, 0.25) is 0 Å². The van der Waals surface area contributed by atoms with E-state index in [2.05, 4.69) is 4.98 Å². The number of hydrogen-bond donors (Lipinski definition) is 0. The molecule has 0 unspecified atom stereocenters. The van der Waals surface area contributed by atoms with E-state index in [4.69, 9.17) is 16.3 Å².